The highest BCUT2D eigenvalue weighted by atomic mass is 35.5. The molecule has 2 aromatic heterocycles. The Bertz CT molecular complexity index is 591. The third kappa shape index (κ3) is 2.94. The molecular formula is C13H15ClN2OS. The number of anilines is 1. The number of rotatable bonds is 4. The first-order valence-corrected chi connectivity index (χ1v) is 7.02. The van der Waals surface area contributed by atoms with Crippen LogP contribution >= 0.6 is 22.9 Å². The van der Waals surface area contributed by atoms with Crippen molar-refractivity contribution in [3.05, 3.63) is 50.0 Å². The van der Waals surface area contributed by atoms with Crippen molar-refractivity contribution in [2.24, 2.45) is 0 Å². The second-order valence-corrected chi connectivity index (χ2v) is 5.80. The maximum atomic E-state index is 11.5. The van der Waals surface area contributed by atoms with Gasteiger partial charge in [0.25, 0.3) is 5.56 Å². The second kappa shape index (κ2) is 5.59. The fraction of sp³-hybridized carbons (Fsp3) is 0.308. The molecule has 96 valence electrons. The van der Waals surface area contributed by atoms with Crippen molar-refractivity contribution in [2.75, 3.05) is 5.32 Å². The number of aromatic nitrogens is 1. The Hall–Kier alpha value is -1.26. The molecule has 18 heavy (non-hydrogen) atoms. The van der Waals surface area contributed by atoms with Crippen molar-refractivity contribution in [3.63, 3.8) is 0 Å². The van der Waals surface area contributed by atoms with Gasteiger partial charge < -0.3 is 9.88 Å². The molecule has 0 saturated heterocycles. The van der Waals surface area contributed by atoms with Gasteiger partial charge in [0.05, 0.1) is 16.1 Å². The topological polar surface area (TPSA) is 34.0 Å². The van der Waals surface area contributed by atoms with Crippen LogP contribution in [0.2, 0.25) is 4.34 Å². The highest BCUT2D eigenvalue weighted by Crippen LogP contribution is 2.28. The first kappa shape index (κ1) is 13.2. The Morgan fingerprint density at radius 3 is 2.78 bits per heavy atom. The smallest absolute Gasteiger partial charge is 0.250 e. The van der Waals surface area contributed by atoms with Crippen molar-refractivity contribution in [1.82, 2.24) is 4.57 Å². The van der Waals surface area contributed by atoms with E-state index in [0.29, 0.717) is 6.54 Å². The fourth-order valence-electron chi connectivity index (χ4n) is 1.75. The van der Waals surface area contributed by atoms with Crippen molar-refractivity contribution in [1.29, 1.82) is 0 Å². The van der Waals surface area contributed by atoms with E-state index in [-0.39, 0.29) is 11.6 Å². The van der Waals surface area contributed by atoms with Gasteiger partial charge in [0.15, 0.2) is 0 Å². The maximum Gasteiger partial charge on any atom is 0.250 e. The number of halogens is 1. The van der Waals surface area contributed by atoms with E-state index in [1.165, 1.54) is 4.88 Å². The van der Waals surface area contributed by atoms with Gasteiger partial charge in [-0.25, -0.2) is 0 Å². The van der Waals surface area contributed by atoms with E-state index in [1.807, 2.05) is 25.3 Å². The molecule has 0 aromatic carbocycles. The molecule has 0 amide bonds. The van der Waals surface area contributed by atoms with Crippen molar-refractivity contribution >= 4 is 28.6 Å². The molecule has 0 aliphatic rings. The molecular weight excluding hydrogens is 268 g/mol. The van der Waals surface area contributed by atoms with Crippen LogP contribution in [0.3, 0.4) is 0 Å². The molecule has 1 atom stereocenters. The summed E-state index contributed by atoms with van der Waals surface area (Å²) in [4.78, 5) is 12.7. The van der Waals surface area contributed by atoms with Crippen LogP contribution in [0, 0.1) is 0 Å². The number of aryl methyl sites for hydroxylation is 1. The van der Waals surface area contributed by atoms with Gasteiger partial charge in [-0.3, -0.25) is 4.79 Å². The highest BCUT2D eigenvalue weighted by molar-refractivity contribution is 7.16. The lowest BCUT2D eigenvalue weighted by Crippen LogP contribution is -2.18. The van der Waals surface area contributed by atoms with E-state index >= 15 is 0 Å². The third-order valence-electron chi connectivity index (χ3n) is 2.73. The number of nitrogens with zero attached hydrogens (tertiary/aromatic N) is 1. The van der Waals surface area contributed by atoms with Crippen LogP contribution in [-0.4, -0.2) is 4.57 Å². The summed E-state index contributed by atoms with van der Waals surface area (Å²) in [5.41, 5.74) is 0.961. The molecule has 2 heterocycles. The Morgan fingerprint density at radius 1 is 1.39 bits per heavy atom. The third-order valence-corrected chi connectivity index (χ3v) is 4.14. The van der Waals surface area contributed by atoms with Crippen LogP contribution < -0.4 is 10.9 Å². The lowest BCUT2D eigenvalue weighted by Gasteiger charge is -2.14. The van der Waals surface area contributed by atoms with Gasteiger partial charge in [0, 0.05) is 23.7 Å². The minimum absolute atomic E-state index is 0.0230. The summed E-state index contributed by atoms with van der Waals surface area (Å²) in [6, 6.07) is 7.47. The molecule has 1 unspecified atom stereocenters. The van der Waals surface area contributed by atoms with E-state index in [0.717, 1.165) is 10.0 Å². The van der Waals surface area contributed by atoms with Crippen LogP contribution in [-0.2, 0) is 6.54 Å². The minimum atomic E-state index is 0.0230. The van der Waals surface area contributed by atoms with Crippen LogP contribution in [0.5, 0.6) is 0 Å². The van der Waals surface area contributed by atoms with Gasteiger partial charge in [-0.15, -0.1) is 11.3 Å². The van der Waals surface area contributed by atoms with Crippen LogP contribution in [0.25, 0.3) is 0 Å². The lowest BCUT2D eigenvalue weighted by molar-refractivity contribution is 0.726. The van der Waals surface area contributed by atoms with Crippen LogP contribution in [0.1, 0.15) is 24.8 Å². The zero-order chi connectivity index (χ0) is 13.1. The summed E-state index contributed by atoms with van der Waals surface area (Å²) in [7, 11) is 0. The van der Waals surface area contributed by atoms with Crippen molar-refractivity contribution < 1.29 is 0 Å². The van der Waals surface area contributed by atoms with E-state index in [4.69, 9.17) is 11.6 Å². The van der Waals surface area contributed by atoms with Gasteiger partial charge in [-0.2, -0.15) is 0 Å². The molecule has 2 rings (SSSR count). The Balaban J connectivity index is 2.16. The average molecular weight is 283 g/mol. The first-order valence-electron chi connectivity index (χ1n) is 5.82. The zero-order valence-electron chi connectivity index (χ0n) is 10.3. The normalized spacial score (nSPS) is 12.4. The molecule has 3 nitrogen and oxygen atoms in total. The lowest BCUT2D eigenvalue weighted by atomic mass is 10.2. The van der Waals surface area contributed by atoms with E-state index < -0.39 is 0 Å². The Labute approximate surface area is 115 Å². The number of hydrogen-bond acceptors (Lipinski definition) is 3. The fourth-order valence-corrected chi connectivity index (χ4v) is 2.81. The number of thiophene rings is 1. The Kier molecular flexibility index (Phi) is 4.09. The molecule has 1 N–H and O–H groups in total. The SMILES string of the molecule is CCn1cc(NC(C)c2ccc(Cl)s2)ccc1=O. The van der Waals surface area contributed by atoms with Gasteiger partial charge in [0.1, 0.15) is 0 Å². The van der Waals surface area contributed by atoms with Crippen LogP contribution in [0.4, 0.5) is 5.69 Å². The molecule has 0 aliphatic heterocycles. The summed E-state index contributed by atoms with van der Waals surface area (Å²) < 4.78 is 2.47. The monoisotopic (exact) mass is 282 g/mol. The summed E-state index contributed by atoms with van der Waals surface area (Å²) in [5.74, 6) is 0. The van der Waals surface area contributed by atoms with Gasteiger partial charge in [0.2, 0.25) is 0 Å². The van der Waals surface area contributed by atoms with Gasteiger partial charge in [-0.1, -0.05) is 11.6 Å². The first-order chi connectivity index (χ1) is 8.60. The van der Waals surface area contributed by atoms with Crippen molar-refractivity contribution in [2.45, 2.75) is 26.4 Å². The largest absolute Gasteiger partial charge is 0.377 e. The number of pyridine rings is 1. The van der Waals surface area contributed by atoms with Crippen LogP contribution in [0.15, 0.2) is 35.3 Å². The molecule has 2 aromatic rings. The quantitative estimate of drug-likeness (QED) is 0.926. The molecule has 0 aliphatic carbocycles. The second-order valence-electron chi connectivity index (χ2n) is 4.05. The average Bonchev–Trinajstić information content (AvgIpc) is 2.78. The van der Waals surface area contributed by atoms with E-state index in [2.05, 4.69) is 12.2 Å². The predicted octanol–water partition coefficient (Wildman–Crippen LogP) is 3.76. The number of hydrogen-bond donors (Lipinski definition) is 1. The minimum Gasteiger partial charge on any atom is -0.377 e. The summed E-state index contributed by atoms with van der Waals surface area (Å²) in [5, 5.41) is 3.37. The molecule has 0 fully saturated rings. The molecule has 0 radical (unpaired) electrons. The van der Waals surface area contributed by atoms with Crippen molar-refractivity contribution in [3.8, 4) is 0 Å². The van der Waals surface area contributed by atoms with E-state index in [1.54, 1.807) is 28.0 Å². The van der Waals surface area contributed by atoms with Gasteiger partial charge >= 0.3 is 0 Å². The summed E-state index contributed by atoms with van der Waals surface area (Å²) in [6.45, 7) is 4.70. The number of nitrogens with one attached hydrogen (secondary N) is 1. The predicted molar refractivity (Wildman–Crippen MR) is 77.7 cm³/mol. The molecule has 5 heteroatoms. The zero-order valence-corrected chi connectivity index (χ0v) is 11.9. The molecule has 0 bridgehead atoms. The van der Waals surface area contributed by atoms with Gasteiger partial charge in [-0.05, 0) is 32.0 Å². The Morgan fingerprint density at radius 2 is 2.17 bits per heavy atom. The van der Waals surface area contributed by atoms with E-state index in [9.17, 15) is 4.79 Å². The standard InChI is InChI=1S/C13H15ClN2OS/c1-3-16-8-10(4-7-13(16)17)15-9(2)11-5-6-12(14)18-11/h4-9,15H,3H2,1-2H3. The maximum absolute atomic E-state index is 11.5. The summed E-state index contributed by atoms with van der Waals surface area (Å²) >= 11 is 7.48. The molecule has 0 saturated carbocycles. The highest BCUT2D eigenvalue weighted by Gasteiger charge is 2.08. The summed E-state index contributed by atoms with van der Waals surface area (Å²) in [6.07, 6.45) is 1.84. The molecule has 0 spiro atoms.